The zero-order valence-corrected chi connectivity index (χ0v) is 16.1. The molecule has 3 rings (SSSR count). The van der Waals surface area contributed by atoms with Gasteiger partial charge in [-0.25, -0.2) is 9.59 Å². The zero-order valence-electron chi connectivity index (χ0n) is 16.1. The van der Waals surface area contributed by atoms with Crippen LogP contribution in [0.25, 0.3) is 5.57 Å². The maximum absolute atomic E-state index is 12.5. The molecule has 1 amide bonds. The lowest BCUT2D eigenvalue weighted by molar-refractivity contribution is -0.131. The summed E-state index contributed by atoms with van der Waals surface area (Å²) in [5.74, 6) is -0.519. The van der Waals surface area contributed by atoms with Crippen molar-refractivity contribution in [3.8, 4) is 5.75 Å². The molecule has 2 aromatic carbocycles. The number of carboxylic acid groups (broad SMARTS) is 1. The third-order valence-corrected chi connectivity index (χ3v) is 4.10. The first kappa shape index (κ1) is 19.5. The van der Waals surface area contributed by atoms with Crippen molar-refractivity contribution >= 4 is 23.3 Å². The number of carboxylic acids is 1. The number of hydrogen-bond donors (Lipinski definition) is 1. The van der Waals surface area contributed by atoms with Gasteiger partial charge in [-0.3, -0.25) is 4.90 Å². The molecule has 2 aromatic rings. The molecule has 28 heavy (non-hydrogen) atoms. The van der Waals surface area contributed by atoms with Crippen LogP contribution in [0, 0.1) is 0 Å². The van der Waals surface area contributed by atoms with Crippen molar-refractivity contribution in [2.75, 3.05) is 18.1 Å². The number of carbonyl (C=O) groups is 2. The van der Waals surface area contributed by atoms with Crippen LogP contribution < -0.4 is 9.64 Å². The second-order valence-electron chi connectivity index (χ2n) is 7.43. The van der Waals surface area contributed by atoms with E-state index in [0.717, 1.165) is 5.56 Å². The largest absolute Gasteiger partial charge is 0.490 e. The van der Waals surface area contributed by atoms with E-state index in [0.29, 0.717) is 35.7 Å². The highest BCUT2D eigenvalue weighted by atomic mass is 16.6. The topological polar surface area (TPSA) is 76.1 Å². The first-order valence-electron chi connectivity index (χ1n) is 9.02. The Morgan fingerprint density at radius 2 is 1.82 bits per heavy atom. The quantitative estimate of drug-likeness (QED) is 0.801. The lowest BCUT2D eigenvalue weighted by Gasteiger charge is -2.32. The minimum Gasteiger partial charge on any atom is -0.490 e. The number of fused-ring (bicyclic) bond motifs is 1. The number of nitrogens with zero attached hydrogens (tertiary/aromatic N) is 1. The number of benzene rings is 2. The Bertz CT molecular complexity index is 912. The van der Waals surface area contributed by atoms with E-state index in [-0.39, 0.29) is 0 Å². The standard InChI is InChI=1S/C22H23NO5/c1-22(2,3)28-21(26)23-11-12-27-19-13-16(9-10-18(19)23)17(14-20(24)25)15-7-5-4-6-8-15/h4-10,13-14H,11-12H2,1-3H3,(H,24,25). The Morgan fingerprint density at radius 3 is 2.46 bits per heavy atom. The molecule has 0 saturated heterocycles. The van der Waals surface area contributed by atoms with Gasteiger partial charge in [0.05, 0.1) is 12.2 Å². The van der Waals surface area contributed by atoms with E-state index in [1.807, 2.05) is 51.1 Å². The Labute approximate surface area is 164 Å². The lowest BCUT2D eigenvalue weighted by atomic mass is 9.96. The van der Waals surface area contributed by atoms with E-state index in [4.69, 9.17) is 9.47 Å². The summed E-state index contributed by atoms with van der Waals surface area (Å²) in [6.45, 7) is 6.17. The smallest absolute Gasteiger partial charge is 0.415 e. The maximum atomic E-state index is 12.5. The van der Waals surface area contributed by atoms with Crippen LogP contribution in [0.3, 0.4) is 0 Å². The Kier molecular flexibility index (Phi) is 5.40. The van der Waals surface area contributed by atoms with Gasteiger partial charge in [0.1, 0.15) is 18.0 Å². The molecule has 6 nitrogen and oxygen atoms in total. The first-order valence-corrected chi connectivity index (χ1v) is 9.02. The Hall–Kier alpha value is -3.28. The van der Waals surface area contributed by atoms with Crippen LogP contribution in [0.2, 0.25) is 0 Å². The fourth-order valence-corrected chi connectivity index (χ4v) is 2.97. The maximum Gasteiger partial charge on any atom is 0.415 e. The summed E-state index contributed by atoms with van der Waals surface area (Å²) in [6, 6.07) is 14.6. The van der Waals surface area contributed by atoms with Crippen molar-refractivity contribution in [3.63, 3.8) is 0 Å². The van der Waals surface area contributed by atoms with Crippen molar-refractivity contribution < 1.29 is 24.2 Å². The highest BCUT2D eigenvalue weighted by Crippen LogP contribution is 2.36. The minimum absolute atomic E-state index is 0.332. The molecule has 0 unspecified atom stereocenters. The number of rotatable bonds is 3. The Balaban J connectivity index is 1.98. The summed E-state index contributed by atoms with van der Waals surface area (Å²) in [5, 5.41) is 9.29. The van der Waals surface area contributed by atoms with Gasteiger partial charge in [-0.1, -0.05) is 36.4 Å². The van der Waals surface area contributed by atoms with Crippen molar-refractivity contribution in [2.45, 2.75) is 26.4 Å². The summed E-state index contributed by atoms with van der Waals surface area (Å²) in [7, 11) is 0. The van der Waals surface area contributed by atoms with Gasteiger partial charge in [-0.2, -0.15) is 0 Å². The van der Waals surface area contributed by atoms with Gasteiger partial charge >= 0.3 is 12.1 Å². The molecular weight excluding hydrogens is 358 g/mol. The molecular formula is C22H23NO5. The average molecular weight is 381 g/mol. The molecule has 0 saturated carbocycles. The van der Waals surface area contributed by atoms with Crippen LogP contribution in [-0.2, 0) is 9.53 Å². The van der Waals surface area contributed by atoms with Crippen LogP contribution in [-0.4, -0.2) is 35.9 Å². The van der Waals surface area contributed by atoms with Gasteiger partial charge in [0.25, 0.3) is 0 Å². The van der Waals surface area contributed by atoms with Crippen LogP contribution in [0.1, 0.15) is 31.9 Å². The molecule has 0 fully saturated rings. The van der Waals surface area contributed by atoms with Crippen LogP contribution in [0.15, 0.2) is 54.6 Å². The molecule has 1 N–H and O–H groups in total. The third-order valence-electron chi connectivity index (χ3n) is 4.10. The van der Waals surface area contributed by atoms with Crippen molar-refractivity contribution in [1.29, 1.82) is 0 Å². The normalized spacial score (nSPS) is 14.1. The monoisotopic (exact) mass is 381 g/mol. The van der Waals surface area contributed by atoms with Gasteiger partial charge in [0.15, 0.2) is 0 Å². The lowest BCUT2D eigenvalue weighted by Crippen LogP contribution is -2.41. The summed E-state index contributed by atoms with van der Waals surface area (Å²) in [5.41, 5.74) is 2.05. The van der Waals surface area contributed by atoms with Gasteiger partial charge < -0.3 is 14.6 Å². The summed E-state index contributed by atoms with van der Waals surface area (Å²) < 4.78 is 11.2. The summed E-state index contributed by atoms with van der Waals surface area (Å²) >= 11 is 0. The number of amides is 1. The highest BCUT2D eigenvalue weighted by Gasteiger charge is 2.28. The number of carbonyl (C=O) groups excluding carboxylic acids is 1. The number of hydrogen-bond acceptors (Lipinski definition) is 4. The molecule has 1 aliphatic rings. The predicted octanol–water partition coefficient (Wildman–Crippen LogP) is 4.34. The number of ether oxygens (including phenoxy) is 2. The Morgan fingerprint density at radius 1 is 1.11 bits per heavy atom. The van der Waals surface area contributed by atoms with Gasteiger partial charge in [-0.15, -0.1) is 0 Å². The van der Waals surface area contributed by atoms with Crippen LogP contribution in [0.4, 0.5) is 10.5 Å². The molecule has 0 bridgehead atoms. The van der Waals surface area contributed by atoms with E-state index in [9.17, 15) is 14.7 Å². The third kappa shape index (κ3) is 4.52. The second-order valence-corrected chi connectivity index (χ2v) is 7.43. The predicted molar refractivity (Wildman–Crippen MR) is 107 cm³/mol. The number of aliphatic carboxylic acids is 1. The fourth-order valence-electron chi connectivity index (χ4n) is 2.97. The van der Waals surface area contributed by atoms with Crippen molar-refractivity contribution in [3.05, 3.63) is 65.7 Å². The molecule has 1 aliphatic heterocycles. The zero-order chi connectivity index (χ0) is 20.3. The SMILES string of the molecule is CC(C)(C)OC(=O)N1CCOc2cc(C(=CC(=O)O)c3ccccc3)ccc21. The molecule has 6 heteroatoms. The van der Waals surface area contributed by atoms with Crippen molar-refractivity contribution in [1.82, 2.24) is 0 Å². The van der Waals surface area contributed by atoms with E-state index in [1.165, 1.54) is 11.0 Å². The molecule has 0 aromatic heterocycles. The van der Waals surface area contributed by atoms with E-state index < -0.39 is 17.7 Å². The van der Waals surface area contributed by atoms with E-state index in [1.54, 1.807) is 18.2 Å². The molecule has 0 spiro atoms. The van der Waals surface area contributed by atoms with Gasteiger partial charge in [-0.05, 0) is 49.6 Å². The summed E-state index contributed by atoms with van der Waals surface area (Å²) in [4.78, 5) is 25.4. The van der Waals surface area contributed by atoms with Crippen LogP contribution in [0.5, 0.6) is 5.75 Å². The molecule has 146 valence electrons. The molecule has 0 aliphatic carbocycles. The van der Waals surface area contributed by atoms with Gasteiger partial charge in [0, 0.05) is 6.08 Å². The van der Waals surface area contributed by atoms with E-state index >= 15 is 0 Å². The van der Waals surface area contributed by atoms with Crippen molar-refractivity contribution in [2.24, 2.45) is 0 Å². The molecule has 0 radical (unpaired) electrons. The first-order chi connectivity index (χ1) is 13.2. The fraction of sp³-hybridized carbons (Fsp3) is 0.273. The van der Waals surface area contributed by atoms with E-state index in [2.05, 4.69) is 0 Å². The molecule has 1 heterocycles. The van der Waals surface area contributed by atoms with Gasteiger partial charge in [0.2, 0.25) is 0 Å². The second kappa shape index (κ2) is 7.76. The minimum atomic E-state index is -1.03. The van der Waals surface area contributed by atoms with Crippen LogP contribution >= 0.6 is 0 Å². The average Bonchev–Trinajstić information content (AvgIpc) is 2.64. The summed E-state index contributed by atoms with van der Waals surface area (Å²) in [6.07, 6.45) is 0.736. The molecule has 0 atom stereocenters. The number of anilines is 1. The highest BCUT2D eigenvalue weighted by molar-refractivity contribution is 5.96.